The van der Waals surface area contributed by atoms with E-state index >= 15 is 0 Å². The van der Waals surface area contributed by atoms with Gasteiger partial charge in [-0.05, 0) is 36.3 Å². The highest BCUT2D eigenvalue weighted by Gasteiger charge is 2.23. The van der Waals surface area contributed by atoms with E-state index in [0.717, 1.165) is 31.6 Å². The molecular weight excluding hydrogens is 274 g/mol. The first kappa shape index (κ1) is 14.4. The second kappa shape index (κ2) is 5.18. The zero-order valence-corrected chi connectivity index (χ0v) is 13.0. The molecule has 0 aliphatic carbocycles. The molecule has 2 aromatic rings. The van der Waals surface area contributed by atoms with E-state index in [0.29, 0.717) is 0 Å². The van der Waals surface area contributed by atoms with E-state index in [1.54, 1.807) is 31.3 Å². The lowest BCUT2D eigenvalue weighted by atomic mass is 9.88. The van der Waals surface area contributed by atoms with Crippen LogP contribution < -0.4 is 5.46 Å². The summed E-state index contributed by atoms with van der Waals surface area (Å²) in [6.45, 7) is 6.90. The van der Waals surface area contributed by atoms with Crippen LogP contribution in [-0.2, 0) is 5.67 Å². The van der Waals surface area contributed by atoms with Gasteiger partial charge in [-0.2, -0.15) is 0 Å². The Bertz CT molecular complexity index is 663. The van der Waals surface area contributed by atoms with Crippen LogP contribution in [0.2, 0.25) is 0 Å². The van der Waals surface area contributed by atoms with Gasteiger partial charge in [-0.15, -0.1) is 24.0 Å². The molecule has 1 heterocycles. The largest absolute Gasteiger partial charge is 0.239 e. The van der Waals surface area contributed by atoms with Crippen LogP contribution in [0.5, 0.6) is 0 Å². The van der Waals surface area contributed by atoms with Gasteiger partial charge in [0.05, 0.1) is 0 Å². The fourth-order valence-corrected chi connectivity index (χ4v) is 3.38. The lowest BCUT2D eigenvalue weighted by Gasteiger charge is -2.16. The summed E-state index contributed by atoms with van der Waals surface area (Å²) in [6, 6.07) is 4.03. The minimum Gasteiger partial charge on any atom is -0.239 e. The standard InChI is InChI=1S/C15H16BFS2/c1-4-11(18)5-9-8-19-14-12(9)6-10(16)7-13(14)15(2,3)17/h4-8,18H,1,16H2,2-3H3/b11-5+. The molecule has 0 aliphatic heterocycles. The van der Waals surface area contributed by atoms with E-state index in [1.807, 2.05) is 25.4 Å². The number of hydrogen-bond acceptors (Lipinski definition) is 2. The molecule has 19 heavy (non-hydrogen) atoms. The highest BCUT2D eigenvalue weighted by Crippen LogP contribution is 2.36. The van der Waals surface area contributed by atoms with Crippen molar-refractivity contribution >= 4 is 53.4 Å². The molecule has 0 fully saturated rings. The van der Waals surface area contributed by atoms with Crippen molar-refractivity contribution in [1.82, 2.24) is 0 Å². The van der Waals surface area contributed by atoms with Crippen LogP contribution in [0.3, 0.4) is 0 Å². The normalized spacial score (nSPS) is 12.9. The van der Waals surface area contributed by atoms with Crippen molar-refractivity contribution in [3.05, 3.63) is 46.2 Å². The molecule has 1 aromatic carbocycles. The molecule has 1 aromatic heterocycles. The lowest BCUT2D eigenvalue weighted by Crippen LogP contribution is -2.14. The first-order valence-corrected chi connectivity index (χ1v) is 7.40. The molecule has 2 rings (SSSR count). The summed E-state index contributed by atoms with van der Waals surface area (Å²) in [5.41, 5.74) is 1.56. The maximum atomic E-state index is 14.3. The average Bonchev–Trinajstić information content (AvgIpc) is 2.70. The lowest BCUT2D eigenvalue weighted by molar-refractivity contribution is 0.224. The number of thiophene rings is 1. The van der Waals surface area contributed by atoms with E-state index in [1.165, 1.54) is 0 Å². The summed E-state index contributed by atoms with van der Waals surface area (Å²) in [4.78, 5) is 0.808. The smallest absolute Gasteiger partial charge is 0.139 e. The predicted molar refractivity (Wildman–Crippen MR) is 91.3 cm³/mol. The Balaban J connectivity index is 2.74. The minimum atomic E-state index is -1.33. The summed E-state index contributed by atoms with van der Waals surface area (Å²) in [7, 11) is 1.99. The van der Waals surface area contributed by atoms with Crippen LogP contribution in [0.1, 0.15) is 25.0 Å². The van der Waals surface area contributed by atoms with Crippen molar-refractivity contribution < 1.29 is 4.39 Å². The Hall–Kier alpha value is -0.995. The van der Waals surface area contributed by atoms with Crippen LogP contribution in [0.15, 0.2) is 35.1 Å². The highest BCUT2D eigenvalue weighted by molar-refractivity contribution is 7.84. The van der Waals surface area contributed by atoms with Crippen molar-refractivity contribution in [3.8, 4) is 0 Å². The van der Waals surface area contributed by atoms with Gasteiger partial charge in [-0.3, -0.25) is 0 Å². The molecule has 0 bridgehead atoms. The monoisotopic (exact) mass is 290 g/mol. The van der Waals surface area contributed by atoms with Crippen molar-refractivity contribution in [2.45, 2.75) is 19.5 Å². The summed E-state index contributed by atoms with van der Waals surface area (Å²) in [5, 5.41) is 3.12. The molecular formula is C15H16BFS2. The van der Waals surface area contributed by atoms with Gasteiger partial charge in [0.15, 0.2) is 0 Å². The quantitative estimate of drug-likeness (QED) is 0.496. The maximum Gasteiger partial charge on any atom is 0.139 e. The number of halogens is 1. The average molecular weight is 290 g/mol. The maximum absolute atomic E-state index is 14.3. The first-order chi connectivity index (χ1) is 8.82. The molecule has 0 N–H and O–H groups in total. The van der Waals surface area contributed by atoms with Crippen molar-refractivity contribution in [1.29, 1.82) is 0 Å². The second-order valence-corrected chi connectivity index (χ2v) is 6.52. The van der Waals surface area contributed by atoms with E-state index in [2.05, 4.69) is 25.3 Å². The molecule has 0 amide bonds. The van der Waals surface area contributed by atoms with Gasteiger partial charge < -0.3 is 0 Å². The molecule has 0 unspecified atom stereocenters. The Morgan fingerprint density at radius 1 is 1.47 bits per heavy atom. The third kappa shape index (κ3) is 2.95. The predicted octanol–water partition coefficient (Wildman–Crippen LogP) is 3.82. The van der Waals surface area contributed by atoms with Crippen molar-refractivity contribution in [2.75, 3.05) is 0 Å². The molecule has 0 saturated heterocycles. The van der Waals surface area contributed by atoms with E-state index in [9.17, 15) is 4.39 Å². The van der Waals surface area contributed by atoms with E-state index in [-0.39, 0.29) is 0 Å². The van der Waals surface area contributed by atoms with E-state index < -0.39 is 5.67 Å². The summed E-state index contributed by atoms with van der Waals surface area (Å²) < 4.78 is 15.3. The molecule has 4 heteroatoms. The summed E-state index contributed by atoms with van der Waals surface area (Å²) in [6.07, 6.45) is 3.66. The zero-order valence-electron chi connectivity index (χ0n) is 11.3. The number of alkyl halides is 1. The van der Waals surface area contributed by atoms with Crippen LogP contribution in [0.25, 0.3) is 16.2 Å². The molecule has 0 atom stereocenters. The van der Waals surface area contributed by atoms with Gasteiger partial charge in [0.25, 0.3) is 0 Å². The Kier molecular flexibility index (Phi) is 3.93. The van der Waals surface area contributed by atoms with Gasteiger partial charge in [0.2, 0.25) is 0 Å². The van der Waals surface area contributed by atoms with Gasteiger partial charge in [-0.1, -0.05) is 30.3 Å². The third-order valence-electron chi connectivity index (χ3n) is 3.00. The van der Waals surface area contributed by atoms with Gasteiger partial charge in [0.1, 0.15) is 13.5 Å². The zero-order chi connectivity index (χ0) is 14.2. The fraction of sp³-hybridized carbons (Fsp3) is 0.200. The third-order valence-corrected chi connectivity index (χ3v) is 4.36. The van der Waals surface area contributed by atoms with Crippen molar-refractivity contribution in [2.24, 2.45) is 0 Å². The SMILES string of the molecule is Bc1cc(C(C)(C)F)c2scc(/C=C(/S)C=C)c2c1. The molecule has 0 spiro atoms. The Labute approximate surface area is 123 Å². The number of allylic oxidation sites excluding steroid dienone is 1. The summed E-state index contributed by atoms with van der Waals surface area (Å²) in [5.74, 6) is 0. The Morgan fingerprint density at radius 2 is 2.16 bits per heavy atom. The number of rotatable bonds is 3. The molecule has 98 valence electrons. The second-order valence-electron chi connectivity index (χ2n) is 5.13. The fourth-order valence-electron chi connectivity index (χ4n) is 2.07. The molecule has 0 radical (unpaired) electrons. The first-order valence-electron chi connectivity index (χ1n) is 6.07. The van der Waals surface area contributed by atoms with E-state index in [4.69, 9.17) is 0 Å². The molecule has 0 nitrogen and oxygen atoms in total. The van der Waals surface area contributed by atoms with Gasteiger partial charge in [-0.25, -0.2) is 4.39 Å². The summed E-state index contributed by atoms with van der Waals surface area (Å²) >= 11 is 5.90. The number of fused-ring (bicyclic) bond motifs is 1. The van der Waals surface area contributed by atoms with Crippen LogP contribution in [0, 0.1) is 0 Å². The topological polar surface area (TPSA) is 0 Å². The van der Waals surface area contributed by atoms with Crippen LogP contribution in [-0.4, -0.2) is 7.85 Å². The molecule has 0 saturated carbocycles. The van der Waals surface area contributed by atoms with Crippen LogP contribution >= 0.6 is 24.0 Å². The molecule has 0 aliphatic rings. The van der Waals surface area contributed by atoms with Gasteiger partial charge in [0, 0.05) is 15.2 Å². The number of hydrogen-bond donors (Lipinski definition) is 1. The number of thiol groups is 1. The highest BCUT2D eigenvalue weighted by atomic mass is 32.1. The Morgan fingerprint density at radius 3 is 2.74 bits per heavy atom. The number of benzene rings is 1. The van der Waals surface area contributed by atoms with Crippen LogP contribution in [0.4, 0.5) is 4.39 Å². The van der Waals surface area contributed by atoms with Gasteiger partial charge >= 0.3 is 0 Å². The van der Waals surface area contributed by atoms with Crippen molar-refractivity contribution in [3.63, 3.8) is 0 Å². The minimum absolute atomic E-state index is 0.756.